The van der Waals surface area contributed by atoms with Crippen LogP contribution in [0.3, 0.4) is 0 Å². The first-order chi connectivity index (χ1) is 2.64. The molecule has 0 heterocycles. The van der Waals surface area contributed by atoms with Crippen LogP contribution in [0.1, 0.15) is 0 Å². The predicted molar refractivity (Wildman–Crippen MR) is 50.8 cm³/mol. The number of halogens is 1. The van der Waals surface area contributed by atoms with Crippen molar-refractivity contribution in [2.24, 2.45) is 0 Å². The third-order valence-corrected chi connectivity index (χ3v) is 18.6. The third-order valence-electron chi connectivity index (χ3n) is 0.103. The standard InChI is InChI=1S/IS5/c2-1(3)6(4)5/q-3. The Labute approximate surface area is 61.8 Å². The van der Waals surface area contributed by atoms with E-state index in [2.05, 4.69) is 42.0 Å². The molecule has 0 aromatic rings. The van der Waals surface area contributed by atoms with E-state index in [-0.39, 0.29) is 0 Å². The maximum atomic E-state index is 4.68. The quantitative estimate of drug-likeness (QED) is 0.398. The molecule has 40 valence electrons. The topological polar surface area (TPSA) is 0 Å². The van der Waals surface area contributed by atoms with Crippen LogP contribution >= 0.6 is 15.7 Å². The number of hydrogen-bond acceptors (Lipinski definition) is 5. The van der Waals surface area contributed by atoms with Crippen LogP contribution in [0.15, 0.2) is 0 Å². The Bertz CT molecular complexity index is 80.1. The first-order valence-corrected chi connectivity index (χ1v) is 12.3. The summed E-state index contributed by atoms with van der Waals surface area (Å²) in [6.45, 7) is 0. The first-order valence-electron chi connectivity index (χ1n) is 0.796. The fourth-order valence-corrected chi connectivity index (χ4v) is 0. The van der Waals surface area contributed by atoms with E-state index in [1.54, 1.807) is 0 Å². The second-order valence-corrected chi connectivity index (χ2v) is 20.9. The van der Waals surface area contributed by atoms with Crippen molar-refractivity contribution < 1.29 is 0 Å². The van der Waals surface area contributed by atoms with Crippen LogP contribution in [0, 0.1) is 0 Å². The zero-order valence-corrected chi connectivity index (χ0v) is 8.66. The molecule has 0 atom stereocenters. The molecule has 0 saturated carbocycles. The fourth-order valence-electron chi connectivity index (χ4n) is 0. The van der Waals surface area contributed by atoms with Crippen LogP contribution in [0.4, 0.5) is 0 Å². The van der Waals surface area contributed by atoms with Gasteiger partial charge in [0.05, 0.1) is 0 Å². The summed E-state index contributed by atoms with van der Waals surface area (Å²) in [5.74, 6) is 0. The zero-order chi connectivity index (χ0) is 5.15. The van der Waals surface area contributed by atoms with Crippen molar-refractivity contribution in [3.8, 4) is 0 Å². The van der Waals surface area contributed by atoms with Crippen LogP contribution < -0.4 is 0 Å². The molecule has 0 amide bonds. The van der Waals surface area contributed by atoms with Gasteiger partial charge < -0.3 is 0 Å². The number of hydrogen-bond donors (Lipinski definition) is 0. The summed E-state index contributed by atoms with van der Waals surface area (Å²) in [6, 6.07) is 0. The van der Waals surface area contributed by atoms with Gasteiger partial charge in [0.2, 0.25) is 0 Å². The average Bonchev–Trinajstić information content (AvgIpc) is 1.36. The summed E-state index contributed by atoms with van der Waals surface area (Å²) >= 11 is 7.65. The molecule has 0 N–H and O–H groups in total. The van der Waals surface area contributed by atoms with Crippen LogP contribution in [0.5, 0.6) is 0 Å². The van der Waals surface area contributed by atoms with Crippen molar-refractivity contribution in [2.75, 3.05) is 0 Å². The molecular weight excluding hydrogens is 287 g/mol. The molecule has 0 nitrogen and oxygen atoms in total. The van der Waals surface area contributed by atoms with Gasteiger partial charge in [-0.05, 0) is 0 Å². The molecule has 6 heavy (non-hydrogen) atoms. The molecule has 0 aromatic carbocycles. The summed E-state index contributed by atoms with van der Waals surface area (Å²) in [5.41, 5.74) is 0. The minimum absolute atomic E-state index is 0.414. The normalized spacial score (nSPS) is 12.2. The first kappa shape index (κ1) is 8.22. The van der Waals surface area contributed by atoms with Crippen molar-refractivity contribution in [2.45, 2.75) is 0 Å². The average molecular weight is 287 g/mol. The van der Waals surface area contributed by atoms with Gasteiger partial charge >= 0.3 is 62.8 Å². The van der Waals surface area contributed by atoms with Crippen molar-refractivity contribution in [3.63, 3.8) is 0 Å². The molecule has 0 rings (SSSR count). The number of rotatable bonds is 1. The van der Waals surface area contributed by atoms with E-state index >= 15 is 0 Å². The Morgan fingerprint density at radius 1 is 1.33 bits per heavy atom. The van der Waals surface area contributed by atoms with Crippen molar-refractivity contribution in [1.29, 1.82) is 0 Å². The summed E-state index contributed by atoms with van der Waals surface area (Å²) < 4.78 is 0. The molecule has 0 spiro atoms. The van der Waals surface area contributed by atoms with Gasteiger partial charge in [0.25, 0.3) is 0 Å². The van der Waals surface area contributed by atoms with Crippen molar-refractivity contribution in [3.05, 3.63) is 0 Å². The third kappa shape index (κ3) is 4.38. The SMILES string of the molecule is S=[S-](=S)I([S-])[S-]. The van der Waals surface area contributed by atoms with Gasteiger partial charge in [0.15, 0.2) is 0 Å². The molecule has 6 heteroatoms. The van der Waals surface area contributed by atoms with Gasteiger partial charge in [0.1, 0.15) is 0 Å². The summed E-state index contributed by atoms with van der Waals surface area (Å²) in [4.78, 5) is 0. The predicted octanol–water partition coefficient (Wildman–Crippen LogP) is 0.874. The van der Waals surface area contributed by atoms with Crippen LogP contribution in [0.2, 0.25) is 0 Å². The van der Waals surface area contributed by atoms with Crippen molar-refractivity contribution >= 4 is 62.8 Å². The molecule has 0 aliphatic carbocycles. The second-order valence-electron chi connectivity index (χ2n) is 0.383. The molecule has 0 aliphatic heterocycles. The van der Waals surface area contributed by atoms with Crippen LogP contribution in [-0.2, 0) is 47.2 Å². The molecule has 0 radical (unpaired) electrons. The molecule has 0 bridgehead atoms. The van der Waals surface area contributed by atoms with E-state index in [0.29, 0.717) is 0 Å². The Kier molecular flexibility index (Phi) is 5.66. The van der Waals surface area contributed by atoms with E-state index in [4.69, 9.17) is 0 Å². The van der Waals surface area contributed by atoms with Gasteiger partial charge in [-0.25, -0.2) is 0 Å². The fraction of sp³-hybridized carbons (Fsp3) is 0. The Morgan fingerprint density at radius 3 is 1.50 bits per heavy atom. The minimum atomic E-state index is -1.56. The van der Waals surface area contributed by atoms with Crippen LogP contribution in [-0.4, -0.2) is 0 Å². The van der Waals surface area contributed by atoms with Gasteiger partial charge in [-0.15, -0.1) is 0 Å². The monoisotopic (exact) mass is 287 g/mol. The van der Waals surface area contributed by atoms with Gasteiger partial charge in [-0.1, -0.05) is 0 Å². The van der Waals surface area contributed by atoms with Gasteiger partial charge in [0, 0.05) is 0 Å². The molecule has 0 aliphatic rings. The Hall–Kier alpha value is 2.22. The second kappa shape index (κ2) is 4.13. The Balaban J connectivity index is 3.57. The van der Waals surface area contributed by atoms with E-state index in [1.165, 1.54) is 0 Å². The van der Waals surface area contributed by atoms with Gasteiger partial charge in [-0.3, -0.25) is 0 Å². The van der Waals surface area contributed by atoms with Gasteiger partial charge in [-0.2, -0.15) is 0 Å². The van der Waals surface area contributed by atoms with E-state index in [9.17, 15) is 0 Å². The summed E-state index contributed by atoms with van der Waals surface area (Å²) in [6.07, 6.45) is 0. The van der Waals surface area contributed by atoms with Crippen molar-refractivity contribution in [1.82, 2.24) is 0 Å². The Morgan fingerprint density at radius 2 is 1.50 bits per heavy atom. The summed E-state index contributed by atoms with van der Waals surface area (Å²) in [7, 11) is 9.36. The van der Waals surface area contributed by atoms with E-state index in [0.717, 1.165) is 0 Å². The van der Waals surface area contributed by atoms with E-state index in [1.807, 2.05) is 0 Å². The summed E-state index contributed by atoms with van der Waals surface area (Å²) in [5, 5.41) is -0.414. The maximum absolute atomic E-state index is 4.68. The molecule has 0 fully saturated rings. The molecule has 0 aromatic heterocycles. The molecular formula is IS5-3. The molecule has 0 unspecified atom stereocenters. The molecule has 0 saturated heterocycles. The zero-order valence-electron chi connectivity index (χ0n) is 2.42. The van der Waals surface area contributed by atoms with E-state index < -0.39 is 20.8 Å². The van der Waals surface area contributed by atoms with Crippen LogP contribution in [0.25, 0.3) is 0 Å².